The lowest BCUT2D eigenvalue weighted by atomic mass is 9.92. The summed E-state index contributed by atoms with van der Waals surface area (Å²) < 4.78 is 10.9. The van der Waals surface area contributed by atoms with Gasteiger partial charge in [0.2, 0.25) is 0 Å². The van der Waals surface area contributed by atoms with Crippen LogP contribution in [-0.4, -0.2) is 19.2 Å². The molecule has 0 saturated carbocycles. The molecule has 2 aromatic heterocycles. The van der Waals surface area contributed by atoms with Crippen LogP contribution in [-0.2, 0) is 12.8 Å². The average molecular weight is 438 g/mol. The van der Waals surface area contributed by atoms with Gasteiger partial charge in [-0.25, -0.2) is 4.98 Å². The predicted octanol–water partition coefficient (Wildman–Crippen LogP) is 6.95. The van der Waals surface area contributed by atoms with E-state index >= 15 is 0 Å². The van der Waals surface area contributed by atoms with Crippen molar-refractivity contribution in [1.82, 2.24) is 4.98 Å². The molecule has 0 amide bonds. The van der Waals surface area contributed by atoms with E-state index in [9.17, 15) is 0 Å². The number of nitrogens with zero attached hydrogens (tertiary/aromatic N) is 1. The molecule has 30 heavy (non-hydrogen) atoms. The van der Waals surface area contributed by atoms with E-state index < -0.39 is 0 Å². The summed E-state index contributed by atoms with van der Waals surface area (Å²) in [4.78, 5) is 7.75. The van der Waals surface area contributed by atoms with Crippen LogP contribution in [0.4, 0.5) is 0 Å². The maximum Gasteiger partial charge on any atom is 0.161 e. The minimum absolute atomic E-state index is 0. The summed E-state index contributed by atoms with van der Waals surface area (Å²) in [5.41, 5.74) is 6.04. The Morgan fingerprint density at radius 1 is 0.833 bits per heavy atom. The van der Waals surface area contributed by atoms with Gasteiger partial charge in [-0.1, -0.05) is 30.3 Å². The van der Waals surface area contributed by atoms with Crippen LogP contribution in [0.2, 0.25) is 0 Å². The van der Waals surface area contributed by atoms with Crippen molar-refractivity contribution < 1.29 is 9.47 Å². The van der Waals surface area contributed by atoms with Gasteiger partial charge in [0.25, 0.3) is 0 Å². The summed E-state index contributed by atoms with van der Waals surface area (Å²) in [7, 11) is 3.33. The van der Waals surface area contributed by atoms with Gasteiger partial charge < -0.3 is 9.47 Å². The smallest absolute Gasteiger partial charge is 0.161 e. The van der Waals surface area contributed by atoms with E-state index in [4.69, 9.17) is 14.5 Å². The largest absolute Gasteiger partial charge is 0.493 e. The Balaban J connectivity index is 0.00000218. The fourth-order valence-electron chi connectivity index (χ4n) is 4.25. The maximum absolute atomic E-state index is 5.52. The molecule has 1 aliphatic rings. The summed E-state index contributed by atoms with van der Waals surface area (Å²) in [6, 6.07) is 18.9. The minimum atomic E-state index is 0. The molecule has 0 bridgehead atoms. The van der Waals surface area contributed by atoms with Crippen molar-refractivity contribution in [3.63, 3.8) is 0 Å². The zero-order valence-corrected chi connectivity index (χ0v) is 18.7. The molecule has 0 spiro atoms. The fourth-order valence-corrected chi connectivity index (χ4v) is 5.53. The molecule has 0 atom stereocenters. The number of methoxy groups -OCH3 is 2. The second-order valence-corrected chi connectivity index (χ2v) is 8.47. The van der Waals surface area contributed by atoms with E-state index in [0.717, 1.165) is 34.0 Å². The van der Waals surface area contributed by atoms with E-state index in [2.05, 4.69) is 42.5 Å². The molecule has 154 valence electrons. The summed E-state index contributed by atoms with van der Waals surface area (Å²) in [5.74, 6) is 1.45. The van der Waals surface area contributed by atoms with Gasteiger partial charge in [0.1, 0.15) is 4.83 Å². The van der Waals surface area contributed by atoms with Crippen molar-refractivity contribution in [2.75, 3.05) is 14.2 Å². The molecular weight excluding hydrogens is 414 g/mol. The highest BCUT2D eigenvalue weighted by Gasteiger charge is 2.21. The molecule has 3 nitrogen and oxygen atoms in total. The summed E-state index contributed by atoms with van der Waals surface area (Å²) in [6.45, 7) is 0. The van der Waals surface area contributed by atoms with E-state index in [0.29, 0.717) is 0 Å². The van der Waals surface area contributed by atoms with Gasteiger partial charge in [-0.05, 0) is 66.6 Å². The maximum atomic E-state index is 5.52. The first-order valence-corrected chi connectivity index (χ1v) is 10.8. The Kier molecular flexibility index (Phi) is 5.98. The number of rotatable bonds is 4. The van der Waals surface area contributed by atoms with Crippen LogP contribution >= 0.6 is 23.7 Å². The van der Waals surface area contributed by atoms with E-state index in [1.807, 2.05) is 23.5 Å². The molecule has 4 aromatic rings. The van der Waals surface area contributed by atoms with Gasteiger partial charge >= 0.3 is 0 Å². The summed E-state index contributed by atoms with van der Waals surface area (Å²) in [5, 5.41) is 1.35. The number of benzene rings is 2. The van der Waals surface area contributed by atoms with Crippen molar-refractivity contribution in [1.29, 1.82) is 0 Å². The number of hydrogen-bond acceptors (Lipinski definition) is 4. The van der Waals surface area contributed by atoms with Crippen LogP contribution < -0.4 is 9.47 Å². The molecule has 0 saturated heterocycles. The van der Waals surface area contributed by atoms with Crippen molar-refractivity contribution >= 4 is 34.0 Å². The fraction of sp³-hybridized carbons (Fsp3) is 0.240. The van der Waals surface area contributed by atoms with Crippen LogP contribution in [0.3, 0.4) is 0 Å². The Labute approximate surface area is 187 Å². The van der Waals surface area contributed by atoms with Crippen LogP contribution in [0.15, 0.2) is 54.6 Å². The van der Waals surface area contributed by atoms with E-state index in [-0.39, 0.29) is 12.4 Å². The molecule has 0 unspecified atom stereocenters. The summed E-state index contributed by atoms with van der Waals surface area (Å²) >= 11 is 1.87. The number of halogens is 1. The second-order valence-electron chi connectivity index (χ2n) is 7.38. The number of thiophene rings is 1. The quantitative estimate of drug-likeness (QED) is 0.346. The summed E-state index contributed by atoms with van der Waals surface area (Å²) in [6.07, 6.45) is 4.89. The van der Waals surface area contributed by atoms with Gasteiger partial charge in [0.05, 0.1) is 19.9 Å². The lowest BCUT2D eigenvalue weighted by Crippen LogP contribution is -1.99. The Morgan fingerprint density at radius 3 is 2.37 bits per heavy atom. The highest BCUT2D eigenvalue weighted by molar-refractivity contribution is 7.19. The Morgan fingerprint density at radius 2 is 1.60 bits per heavy atom. The Hall–Kier alpha value is -2.56. The molecule has 2 heterocycles. The molecule has 0 aliphatic heterocycles. The average Bonchev–Trinajstić information content (AvgIpc) is 3.17. The van der Waals surface area contributed by atoms with Gasteiger partial charge in [-0.3, -0.25) is 0 Å². The third-order valence-corrected chi connectivity index (χ3v) is 6.87. The standard InChI is InChI=1S/C25H23NO2S.ClH/c1-27-21-13-12-17(14-22(21)28-2)20-15-19(16-8-4-3-5-9-16)24-18-10-6-7-11-23(18)29-25(24)26-20;/h3-5,8-9,12-15H,6-7,10-11H2,1-2H3;1H. The molecule has 5 rings (SSSR count). The van der Waals surface area contributed by atoms with E-state index in [1.165, 1.54) is 46.2 Å². The number of aryl methyl sites for hydroxylation is 2. The van der Waals surface area contributed by atoms with E-state index in [1.54, 1.807) is 14.2 Å². The molecule has 0 radical (unpaired) electrons. The normalized spacial score (nSPS) is 12.9. The highest BCUT2D eigenvalue weighted by atomic mass is 35.5. The SMILES string of the molecule is COc1ccc(-c2cc(-c3ccccc3)c3c4c(sc3n2)CCCC4)cc1OC.Cl. The van der Waals surface area contributed by atoms with Crippen LogP contribution in [0, 0.1) is 0 Å². The third kappa shape index (κ3) is 3.55. The second kappa shape index (κ2) is 8.66. The lowest BCUT2D eigenvalue weighted by molar-refractivity contribution is 0.355. The zero-order chi connectivity index (χ0) is 19.8. The first-order chi connectivity index (χ1) is 14.3. The first-order valence-electron chi connectivity index (χ1n) is 10.0. The molecular formula is C25H24ClNO2S. The minimum Gasteiger partial charge on any atom is -0.493 e. The monoisotopic (exact) mass is 437 g/mol. The van der Waals surface area contributed by atoms with Gasteiger partial charge in [0, 0.05) is 15.8 Å². The Bertz CT molecular complexity index is 1190. The predicted molar refractivity (Wildman–Crippen MR) is 127 cm³/mol. The van der Waals surface area contributed by atoms with Crippen molar-refractivity contribution in [3.05, 3.63) is 65.0 Å². The number of pyridine rings is 1. The molecule has 1 aliphatic carbocycles. The van der Waals surface area contributed by atoms with Crippen molar-refractivity contribution in [2.24, 2.45) is 0 Å². The van der Waals surface area contributed by atoms with Crippen LogP contribution in [0.1, 0.15) is 23.3 Å². The van der Waals surface area contributed by atoms with Gasteiger partial charge in [0.15, 0.2) is 11.5 Å². The number of fused-ring (bicyclic) bond motifs is 3. The van der Waals surface area contributed by atoms with Crippen molar-refractivity contribution in [3.8, 4) is 33.9 Å². The molecule has 2 aromatic carbocycles. The molecule has 0 fully saturated rings. The first kappa shape index (κ1) is 20.7. The van der Waals surface area contributed by atoms with Gasteiger partial charge in [-0.15, -0.1) is 23.7 Å². The molecule has 0 N–H and O–H groups in total. The molecule has 5 heteroatoms. The number of ether oxygens (including phenoxy) is 2. The third-order valence-electron chi connectivity index (χ3n) is 5.69. The number of aromatic nitrogens is 1. The zero-order valence-electron chi connectivity index (χ0n) is 17.1. The number of hydrogen-bond donors (Lipinski definition) is 0. The van der Waals surface area contributed by atoms with Crippen LogP contribution in [0.5, 0.6) is 11.5 Å². The van der Waals surface area contributed by atoms with Crippen molar-refractivity contribution in [2.45, 2.75) is 25.7 Å². The lowest BCUT2D eigenvalue weighted by Gasteiger charge is -2.14. The topological polar surface area (TPSA) is 31.4 Å². The highest BCUT2D eigenvalue weighted by Crippen LogP contribution is 2.43. The van der Waals surface area contributed by atoms with Gasteiger partial charge in [-0.2, -0.15) is 0 Å². The van der Waals surface area contributed by atoms with Crippen LogP contribution in [0.25, 0.3) is 32.6 Å².